The van der Waals surface area contributed by atoms with Crippen LogP contribution in [0.25, 0.3) is 0 Å². The minimum absolute atomic E-state index is 0.208. The van der Waals surface area contributed by atoms with Gasteiger partial charge in [-0.1, -0.05) is 23.2 Å². The van der Waals surface area contributed by atoms with Gasteiger partial charge in [-0.25, -0.2) is 0 Å². The summed E-state index contributed by atoms with van der Waals surface area (Å²) in [6.07, 6.45) is -0.518. The van der Waals surface area contributed by atoms with Crippen molar-refractivity contribution in [1.29, 1.82) is 0 Å². The molecule has 0 fully saturated rings. The predicted molar refractivity (Wildman–Crippen MR) is 53.6 cm³/mol. The Morgan fingerprint density at radius 1 is 1.46 bits per heavy atom. The lowest BCUT2D eigenvalue weighted by Gasteiger charge is -2.09. The van der Waals surface area contributed by atoms with Gasteiger partial charge in [-0.2, -0.15) is 0 Å². The lowest BCUT2D eigenvalue weighted by atomic mass is 10.3. The summed E-state index contributed by atoms with van der Waals surface area (Å²) in [6.45, 7) is 1.85. The van der Waals surface area contributed by atoms with Crippen LogP contribution in [0, 0.1) is 0 Å². The summed E-state index contributed by atoms with van der Waals surface area (Å²) in [5, 5.41) is 10.0. The van der Waals surface area contributed by atoms with Gasteiger partial charge < -0.3 is 9.84 Å². The summed E-state index contributed by atoms with van der Waals surface area (Å²) in [6, 6.07) is 4.95. The summed E-state index contributed by atoms with van der Waals surface area (Å²) < 4.78 is 5.21. The van der Waals surface area contributed by atoms with Crippen LogP contribution in [0.5, 0.6) is 5.75 Å². The van der Waals surface area contributed by atoms with Gasteiger partial charge in [-0.3, -0.25) is 0 Å². The molecule has 1 atom stereocenters. The van der Waals surface area contributed by atoms with E-state index in [1.54, 1.807) is 25.1 Å². The minimum Gasteiger partial charge on any atom is -0.489 e. The predicted octanol–water partition coefficient (Wildman–Crippen LogP) is 2.75. The third-order valence-electron chi connectivity index (χ3n) is 1.37. The summed E-state index contributed by atoms with van der Waals surface area (Å²) in [7, 11) is 0. The molecule has 0 amide bonds. The monoisotopic (exact) mass is 220 g/mol. The van der Waals surface area contributed by atoms with Crippen LogP contribution in [0.1, 0.15) is 6.92 Å². The third-order valence-corrected chi connectivity index (χ3v) is 1.92. The molecule has 0 aliphatic carbocycles. The Balaban J connectivity index is 2.70. The largest absolute Gasteiger partial charge is 0.489 e. The Hall–Kier alpha value is -0.440. The molecule has 0 radical (unpaired) electrons. The standard InChI is InChI=1S/C9H10Cl2O2/c1-6(12)5-13-9-4-7(10)2-3-8(9)11/h2-4,6,12H,5H2,1H3/t6-/m0/s1. The van der Waals surface area contributed by atoms with Crippen LogP contribution in [-0.4, -0.2) is 17.8 Å². The summed E-state index contributed by atoms with van der Waals surface area (Å²) in [5.74, 6) is 0.495. The maximum atomic E-state index is 8.97. The summed E-state index contributed by atoms with van der Waals surface area (Å²) in [4.78, 5) is 0. The number of halogens is 2. The molecule has 0 aromatic heterocycles. The van der Waals surface area contributed by atoms with Crippen LogP contribution < -0.4 is 4.74 Å². The molecule has 0 spiro atoms. The first-order chi connectivity index (χ1) is 6.09. The first-order valence-electron chi connectivity index (χ1n) is 3.85. The Morgan fingerprint density at radius 2 is 2.15 bits per heavy atom. The number of hydrogen-bond donors (Lipinski definition) is 1. The average Bonchev–Trinajstić information content (AvgIpc) is 2.06. The molecule has 4 heteroatoms. The van der Waals surface area contributed by atoms with E-state index >= 15 is 0 Å². The molecule has 72 valence electrons. The topological polar surface area (TPSA) is 29.5 Å². The normalized spacial score (nSPS) is 12.6. The first-order valence-corrected chi connectivity index (χ1v) is 4.61. The van der Waals surface area contributed by atoms with Crippen molar-refractivity contribution in [2.45, 2.75) is 13.0 Å². The van der Waals surface area contributed by atoms with E-state index in [9.17, 15) is 0 Å². The number of benzene rings is 1. The molecule has 13 heavy (non-hydrogen) atoms. The maximum Gasteiger partial charge on any atom is 0.139 e. The van der Waals surface area contributed by atoms with E-state index < -0.39 is 6.10 Å². The van der Waals surface area contributed by atoms with Gasteiger partial charge in [0, 0.05) is 11.1 Å². The number of rotatable bonds is 3. The van der Waals surface area contributed by atoms with Crippen molar-refractivity contribution in [3.8, 4) is 5.75 Å². The second-order valence-corrected chi connectivity index (χ2v) is 3.58. The molecule has 0 saturated carbocycles. The van der Waals surface area contributed by atoms with Crippen LogP contribution in [0.4, 0.5) is 0 Å². The molecule has 1 rings (SSSR count). The van der Waals surface area contributed by atoms with Crippen molar-refractivity contribution in [3.05, 3.63) is 28.2 Å². The van der Waals surface area contributed by atoms with Gasteiger partial charge in [0.05, 0.1) is 11.1 Å². The molecule has 0 bridgehead atoms. The van der Waals surface area contributed by atoms with Crippen LogP contribution in [0.15, 0.2) is 18.2 Å². The number of ether oxygens (including phenoxy) is 1. The highest BCUT2D eigenvalue weighted by Gasteiger charge is 2.03. The van der Waals surface area contributed by atoms with Gasteiger partial charge >= 0.3 is 0 Å². The van der Waals surface area contributed by atoms with Crippen LogP contribution in [0.2, 0.25) is 10.0 Å². The molecule has 2 nitrogen and oxygen atoms in total. The van der Waals surface area contributed by atoms with E-state index in [1.165, 1.54) is 0 Å². The number of aliphatic hydroxyl groups is 1. The van der Waals surface area contributed by atoms with Crippen molar-refractivity contribution in [1.82, 2.24) is 0 Å². The Kier molecular flexibility index (Phi) is 3.85. The Morgan fingerprint density at radius 3 is 2.77 bits per heavy atom. The maximum absolute atomic E-state index is 8.97. The summed E-state index contributed by atoms with van der Waals surface area (Å²) >= 11 is 11.5. The lowest BCUT2D eigenvalue weighted by Crippen LogP contribution is -2.12. The molecule has 0 aliphatic heterocycles. The highest BCUT2D eigenvalue weighted by Crippen LogP contribution is 2.27. The molecule has 1 aromatic rings. The zero-order valence-corrected chi connectivity index (χ0v) is 8.64. The third kappa shape index (κ3) is 3.43. The molecule has 1 aromatic carbocycles. The van der Waals surface area contributed by atoms with Gasteiger partial charge in [0.25, 0.3) is 0 Å². The molecule has 0 heterocycles. The number of hydrogen-bond acceptors (Lipinski definition) is 2. The van der Waals surface area contributed by atoms with Crippen molar-refractivity contribution in [3.63, 3.8) is 0 Å². The van der Waals surface area contributed by atoms with Gasteiger partial charge in [-0.05, 0) is 19.1 Å². The molecule has 1 N–H and O–H groups in total. The first kappa shape index (κ1) is 10.6. The lowest BCUT2D eigenvalue weighted by molar-refractivity contribution is 0.123. The molecular formula is C9H10Cl2O2. The minimum atomic E-state index is -0.518. The van der Waals surface area contributed by atoms with Crippen LogP contribution in [-0.2, 0) is 0 Å². The van der Waals surface area contributed by atoms with Crippen molar-refractivity contribution in [2.24, 2.45) is 0 Å². The highest BCUT2D eigenvalue weighted by atomic mass is 35.5. The smallest absolute Gasteiger partial charge is 0.139 e. The second kappa shape index (κ2) is 4.70. The second-order valence-electron chi connectivity index (χ2n) is 2.73. The fourth-order valence-electron chi connectivity index (χ4n) is 0.798. The van der Waals surface area contributed by atoms with E-state index in [-0.39, 0.29) is 6.61 Å². The summed E-state index contributed by atoms with van der Waals surface area (Å²) in [5.41, 5.74) is 0. The van der Waals surface area contributed by atoms with E-state index in [1.807, 2.05) is 0 Å². The average molecular weight is 221 g/mol. The van der Waals surface area contributed by atoms with Gasteiger partial charge in [0.1, 0.15) is 12.4 Å². The van der Waals surface area contributed by atoms with Gasteiger partial charge in [0.15, 0.2) is 0 Å². The van der Waals surface area contributed by atoms with E-state index in [0.717, 1.165) is 0 Å². The fourth-order valence-corrected chi connectivity index (χ4v) is 1.13. The van der Waals surface area contributed by atoms with E-state index in [4.69, 9.17) is 33.0 Å². The van der Waals surface area contributed by atoms with E-state index in [2.05, 4.69) is 0 Å². The molecular weight excluding hydrogens is 211 g/mol. The fraction of sp³-hybridized carbons (Fsp3) is 0.333. The molecule has 0 unspecified atom stereocenters. The van der Waals surface area contributed by atoms with Gasteiger partial charge in [-0.15, -0.1) is 0 Å². The zero-order chi connectivity index (χ0) is 9.84. The SMILES string of the molecule is C[C@H](O)COc1cc(Cl)ccc1Cl. The zero-order valence-electron chi connectivity index (χ0n) is 7.13. The Bertz CT molecular complexity index is 287. The highest BCUT2D eigenvalue weighted by molar-refractivity contribution is 6.34. The molecule has 0 saturated heterocycles. The van der Waals surface area contributed by atoms with Crippen molar-refractivity contribution < 1.29 is 9.84 Å². The van der Waals surface area contributed by atoms with Crippen LogP contribution >= 0.6 is 23.2 Å². The van der Waals surface area contributed by atoms with Crippen molar-refractivity contribution >= 4 is 23.2 Å². The van der Waals surface area contributed by atoms with Crippen molar-refractivity contribution in [2.75, 3.05) is 6.61 Å². The van der Waals surface area contributed by atoms with Gasteiger partial charge in [0.2, 0.25) is 0 Å². The Labute approximate surface area is 87.0 Å². The quantitative estimate of drug-likeness (QED) is 0.850. The molecule has 0 aliphatic rings. The van der Waals surface area contributed by atoms with Crippen LogP contribution in [0.3, 0.4) is 0 Å². The number of aliphatic hydroxyl groups excluding tert-OH is 1. The van der Waals surface area contributed by atoms with E-state index in [0.29, 0.717) is 15.8 Å².